The lowest BCUT2D eigenvalue weighted by molar-refractivity contribution is -0.127. The summed E-state index contributed by atoms with van der Waals surface area (Å²) in [5.74, 6) is -0.993. The number of nitrogens with one attached hydrogen (secondary N) is 1. The van der Waals surface area contributed by atoms with Gasteiger partial charge in [-0.3, -0.25) is 9.78 Å². The van der Waals surface area contributed by atoms with Crippen LogP contribution in [0.5, 0.6) is 0 Å². The zero-order valence-electron chi connectivity index (χ0n) is 11.0. The number of rotatable bonds is 5. The number of anilines is 1. The highest BCUT2D eigenvalue weighted by Gasteiger charge is 2.21. The van der Waals surface area contributed by atoms with Crippen LogP contribution in [0.3, 0.4) is 0 Å². The van der Waals surface area contributed by atoms with E-state index in [0.717, 1.165) is 11.8 Å². The van der Waals surface area contributed by atoms with Crippen LogP contribution in [0.15, 0.2) is 48.8 Å². The van der Waals surface area contributed by atoms with Gasteiger partial charge in [-0.05, 0) is 18.6 Å². The minimum absolute atomic E-state index is 0.0886. The van der Waals surface area contributed by atoms with Gasteiger partial charge in [0.05, 0.1) is 11.9 Å². The lowest BCUT2D eigenvalue weighted by Crippen LogP contribution is -2.24. The first kappa shape index (κ1) is 14.1. The van der Waals surface area contributed by atoms with Gasteiger partial charge < -0.3 is 10.1 Å². The van der Waals surface area contributed by atoms with Crippen molar-refractivity contribution in [1.82, 2.24) is 4.98 Å². The Labute approximate surface area is 116 Å². The molecule has 0 bridgehead atoms. The fraction of sp³-hybridized carbons (Fsp3) is 0.200. The third-order valence-corrected chi connectivity index (χ3v) is 2.70. The quantitative estimate of drug-likeness (QED) is 0.912. The third kappa shape index (κ3) is 3.39. The molecule has 1 N–H and O–H groups in total. The molecule has 104 valence electrons. The number of ether oxygens (including phenoxy) is 1. The Bertz CT molecular complexity index is 575. The first-order valence-corrected chi connectivity index (χ1v) is 6.29. The molecule has 0 radical (unpaired) electrons. The highest BCUT2D eigenvalue weighted by atomic mass is 19.1. The van der Waals surface area contributed by atoms with Crippen LogP contribution in [0.1, 0.15) is 18.6 Å². The maximum Gasteiger partial charge on any atom is 0.258 e. The van der Waals surface area contributed by atoms with E-state index in [-0.39, 0.29) is 5.69 Å². The summed E-state index contributed by atoms with van der Waals surface area (Å²) in [6.45, 7) is 2.18. The molecule has 20 heavy (non-hydrogen) atoms. The fourth-order valence-electron chi connectivity index (χ4n) is 1.79. The van der Waals surface area contributed by atoms with E-state index in [9.17, 15) is 9.18 Å². The second kappa shape index (κ2) is 6.77. The average molecular weight is 274 g/mol. The number of carbonyl (C=O) groups excluding carboxylic acids is 1. The molecule has 5 heteroatoms. The largest absolute Gasteiger partial charge is 0.364 e. The lowest BCUT2D eigenvalue weighted by atomic mass is 10.1. The Balaban J connectivity index is 2.18. The molecule has 1 aromatic carbocycles. The number of aromatic nitrogens is 1. The van der Waals surface area contributed by atoms with Crippen molar-refractivity contribution in [1.29, 1.82) is 0 Å². The van der Waals surface area contributed by atoms with Gasteiger partial charge in [-0.15, -0.1) is 0 Å². The monoisotopic (exact) mass is 274 g/mol. The molecule has 0 saturated carbocycles. The van der Waals surface area contributed by atoms with E-state index in [1.54, 1.807) is 19.1 Å². The van der Waals surface area contributed by atoms with Gasteiger partial charge in [-0.25, -0.2) is 4.39 Å². The minimum atomic E-state index is -0.770. The van der Waals surface area contributed by atoms with E-state index in [1.165, 1.54) is 12.3 Å². The van der Waals surface area contributed by atoms with Crippen molar-refractivity contribution in [3.8, 4) is 0 Å². The average Bonchev–Trinajstić information content (AvgIpc) is 2.48. The van der Waals surface area contributed by atoms with Gasteiger partial charge in [0.15, 0.2) is 11.9 Å². The molecule has 0 spiro atoms. The van der Waals surface area contributed by atoms with Gasteiger partial charge in [0, 0.05) is 12.8 Å². The zero-order chi connectivity index (χ0) is 14.4. The van der Waals surface area contributed by atoms with E-state index >= 15 is 0 Å². The van der Waals surface area contributed by atoms with Crippen molar-refractivity contribution in [2.45, 2.75) is 13.0 Å². The number of hydrogen-bond acceptors (Lipinski definition) is 3. The van der Waals surface area contributed by atoms with Crippen LogP contribution in [0.25, 0.3) is 0 Å². The maximum absolute atomic E-state index is 13.5. The normalized spacial score (nSPS) is 11.9. The van der Waals surface area contributed by atoms with Gasteiger partial charge in [0.2, 0.25) is 0 Å². The maximum atomic E-state index is 13.5. The molecule has 2 aromatic rings. The molecule has 0 aliphatic rings. The SMILES string of the molecule is CCO[C@@H](C(=O)Nc1ccncc1F)c1ccccc1. The highest BCUT2D eigenvalue weighted by molar-refractivity contribution is 5.94. The van der Waals surface area contributed by atoms with E-state index in [0.29, 0.717) is 6.61 Å². The summed E-state index contributed by atoms with van der Waals surface area (Å²) in [7, 11) is 0. The lowest BCUT2D eigenvalue weighted by Gasteiger charge is -2.17. The van der Waals surface area contributed by atoms with Gasteiger partial charge in [0.25, 0.3) is 5.91 Å². The first-order chi connectivity index (χ1) is 9.72. The van der Waals surface area contributed by atoms with Gasteiger partial charge in [-0.2, -0.15) is 0 Å². The van der Waals surface area contributed by atoms with Crippen molar-refractivity contribution in [2.75, 3.05) is 11.9 Å². The van der Waals surface area contributed by atoms with Crippen molar-refractivity contribution in [2.24, 2.45) is 0 Å². The molecular formula is C15H15FN2O2. The van der Waals surface area contributed by atoms with E-state index in [2.05, 4.69) is 10.3 Å². The van der Waals surface area contributed by atoms with E-state index < -0.39 is 17.8 Å². The van der Waals surface area contributed by atoms with Gasteiger partial charge >= 0.3 is 0 Å². The highest BCUT2D eigenvalue weighted by Crippen LogP contribution is 2.20. The molecule has 1 aromatic heterocycles. The van der Waals surface area contributed by atoms with Crippen molar-refractivity contribution in [3.63, 3.8) is 0 Å². The summed E-state index contributed by atoms with van der Waals surface area (Å²) < 4.78 is 18.9. The smallest absolute Gasteiger partial charge is 0.258 e. The number of halogens is 1. The molecule has 2 rings (SSSR count). The summed E-state index contributed by atoms with van der Waals surface area (Å²) >= 11 is 0. The number of carbonyl (C=O) groups is 1. The van der Waals surface area contributed by atoms with Crippen LogP contribution in [0.2, 0.25) is 0 Å². The number of benzene rings is 1. The predicted molar refractivity (Wildman–Crippen MR) is 73.6 cm³/mol. The van der Waals surface area contributed by atoms with E-state index in [1.807, 2.05) is 18.2 Å². The van der Waals surface area contributed by atoms with Gasteiger partial charge in [-0.1, -0.05) is 30.3 Å². The van der Waals surface area contributed by atoms with E-state index in [4.69, 9.17) is 4.74 Å². The number of pyridine rings is 1. The molecule has 1 atom stereocenters. The number of hydrogen-bond donors (Lipinski definition) is 1. The third-order valence-electron chi connectivity index (χ3n) is 2.70. The Kier molecular flexibility index (Phi) is 4.79. The zero-order valence-corrected chi connectivity index (χ0v) is 11.0. The number of nitrogens with zero attached hydrogens (tertiary/aromatic N) is 1. The number of amides is 1. The Morgan fingerprint density at radius 1 is 1.35 bits per heavy atom. The summed E-state index contributed by atoms with van der Waals surface area (Å²) in [6, 6.07) is 10.5. The fourth-order valence-corrected chi connectivity index (χ4v) is 1.79. The second-order valence-corrected chi connectivity index (χ2v) is 4.09. The van der Waals surface area contributed by atoms with Crippen LogP contribution >= 0.6 is 0 Å². The molecule has 1 heterocycles. The molecule has 0 aliphatic heterocycles. The predicted octanol–water partition coefficient (Wildman–Crippen LogP) is 2.94. The van der Waals surface area contributed by atoms with Crippen molar-refractivity contribution >= 4 is 11.6 Å². The Morgan fingerprint density at radius 2 is 2.10 bits per heavy atom. The van der Waals surface area contributed by atoms with Crippen LogP contribution in [0.4, 0.5) is 10.1 Å². The molecule has 1 amide bonds. The van der Waals surface area contributed by atoms with Crippen molar-refractivity contribution < 1.29 is 13.9 Å². The van der Waals surface area contributed by atoms with Crippen LogP contribution in [0, 0.1) is 5.82 Å². The molecule has 0 unspecified atom stereocenters. The molecule has 4 nitrogen and oxygen atoms in total. The summed E-state index contributed by atoms with van der Waals surface area (Å²) in [6.07, 6.45) is 1.69. The summed E-state index contributed by atoms with van der Waals surface area (Å²) in [4.78, 5) is 15.9. The standard InChI is InChI=1S/C15H15FN2O2/c1-2-20-14(11-6-4-3-5-7-11)15(19)18-13-8-9-17-10-12(13)16/h3-10,14H,2H2,1H3,(H,17,18,19)/t14-/m1/s1. The Morgan fingerprint density at radius 3 is 2.75 bits per heavy atom. The van der Waals surface area contributed by atoms with Crippen LogP contribution < -0.4 is 5.32 Å². The first-order valence-electron chi connectivity index (χ1n) is 6.29. The van der Waals surface area contributed by atoms with Crippen molar-refractivity contribution in [3.05, 3.63) is 60.2 Å². The van der Waals surface area contributed by atoms with Crippen LogP contribution in [-0.4, -0.2) is 17.5 Å². The Hall–Kier alpha value is -2.27. The molecule has 0 fully saturated rings. The summed E-state index contributed by atoms with van der Waals surface area (Å²) in [5, 5.41) is 2.51. The topological polar surface area (TPSA) is 51.2 Å². The van der Waals surface area contributed by atoms with Crippen LogP contribution in [-0.2, 0) is 9.53 Å². The second-order valence-electron chi connectivity index (χ2n) is 4.09. The molecule has 0 aliphatic carbocycles. The molecule has 0 saturated heterocycles. The van der Waals surface area contributed by atoms with Gasteiger partial charge in [0.1, 0.15) is 0 Å². The minimum Gasteiger partial charge on any atom is -0.364 e. The summed E-state index contributed by atoms with van der Waals surface area (Å²) in [5.41, 5.74) is 0.812. The molecular weight excluding hydrogens is 259 g/mol.